The Morgan fingerprint density at radius 3 is 2.21 bits per heavy atom. The number of carbonyl (C=O) groups is 1. The van der Waals surface area contributed by atoms with E-state index in [0.717, 1.165) is 25.7 Å². The van der Waals surface area contributed by atoms with Crippen LogP contribution in [0.25, 0.3) is 0 Å². The molecule has 2 atom stereocenters. The Balaban J connectivity index is 0.000000241. The number of aliphatic hydroxyl groups is 1. The number of likely N-dealkylation sites (tertiary alicyclic amines) is 1. The van der Waals surface area contributed by atoms with Gasteiger partial charge in [0.15, 0.2) is 0 Å². The number of hydrogen-bond acceptors (Lipinski definition) is 4. The molecule has 1 fully saturated rings. The highest BCUT2D eigenvalue weighted by Gasteiger charge is 2.16. The van der Waals surface area contributed by atoms with Gasteiger partial charge in [0.1, 0.15) is 12.5 Å². The number of hydrogen-bond donors (Lipinski definition) is 2. The molecule has 1 aliphatic rings. The Hall–Kier alpha value is -0.450. The van der Waals surface area contributed by atoms with Gasteiger partial charge in [-0.3, -0.25) is 4.90 Å². The fourth-order valence-electron chi connectivity index (χ4n) is 1.05. The Bertz CT molecular complexity index is 154. The van der Waals surface area contributed by atoms with Crippen molar-refractivity contribution in [3.8, 4) is 0 Å². The standard InChI is InChI=1S/2C5H11NO/c1-6-4-2-3-5(6)7;1-4(2)5(6)3-7/h5,7H,2-4H2,1H3;3-5H,6H2,1-2H3. The average Bonchev–Trinajstić information content (AvgIpc) is 2.50. The van der Waals surface area contributed by atoms with Crippen molar-refractivity contribution in [1.82, 2.24) is 4.90 Å². The first-order valence-electron chi connectivity index (χ1n) is 5.08. The maximum Gasteiger partial charge on any atom is 0.136 e. The molecule has 0 spiro atoms. The summed E-state index contributed by atoms with van der Waals surface area (Å²) in [6.45, 7) is 4.89. The van der Waals surface area contributed by atoms with Gasteiger partial charge in [-0.2, -0.15) is 0 Å². The van der Waals surface area contributed by atoms with Crippen LogP contribution in [-0.2, 0) is 4.79 Å². The Labute approximate surface area is 86.1 Å². The smallest absolute Gasteiger partial charge is 0.136 e. The molecule has 4 heteroatoms. The third-order valence-electron chi connectivity index (χ3n) is 2.41. The second-order valence-corrected chi connectivity index (χ2v) is 4.06. The van der Waals surface area contributed by atoms with Gasteiger partial charge in [0.2, 0.25) is 0 Å². The van der Waals surface area contributed by atoms with E-state index in [1.165, 1.54) is 0 Å². The summed E-state index contributed by atoms with van der Waals surface area (Å²) in [5.74, 6) is 0.275. The molecule has 3 N–H and O–H groups in total. The maximum absolute atomic E-state index is 9.82. The van der Waals surface area contributed by atoms with Crippen molar-refractivity contribution < 1.29 is 9.90 Å². The third-order valence-corrected chi connectivity index (χ3v) is 2.41. The molecule has 0 aliphatic carbocycles. The SMILES string of the molecule is CC(C)C(N)C=O.CN1CCCC1O. The predicted octanol–water partition coefficient (Wildman–Crippen LogP) is 0.199. The highest BCUT2D eigenvalue weighted by atomic mass is 16.3. The molecule has 1 rings (SSSR count). The summed E-state index contributed by atoms with van der Waals surface area (Å²) in [6, 6.07) is -0.278. The largest absolute Gasteiger partial charge is 0.378 e. The van der Waals surface area contributed by atoms with Crippen molar-refractivity contribution in [1.29, 1.82) is 0 Å². The van der Waals surface area contributed by atoms with Gasteiger partial charge in [0.05, 0.1) is 6.04 Å². The van der Waals surface area contributed by atoms with Crippen molar-refractivity contribution in [2.75, 3.05) is 13.6 Å². The van der Waals surface area contributed by atoms with Crippen molar-refractivity contribution in [2.24, 2.45) is 11.7 Å². The van der Waals surface area contributed by atoms with E-state index in [9.17, 15) is 4.79 Å². The number of nitrogens with zero attached hydrogens (tertiary/aromatic N) is 1. The zero-order valence-electron chi connectivity index (χ0n) is 9.31. The summed E-state index contributed by atoms with van der Waals surface area (Å²) in [5, 5.41) is 8.92. The first-order chi connectivity index (χ1) is 6.49. The minimum Gasteiger partial charge on any atom is -0.378 e. The van der Waals surface area contributed by atoms with Crippen molar-refractivity contribution in [3.63, 3.8) is 0 Å². The minimum atomic E-state index is -0.278. The minimum absolute atomic E-state index is 0.153. The number of nitrogens with two attached hydrogens (primary N) is 1. The molecule has 4 nitrogen and oxygen atoms in total. The quantitative estimate of drug-likeness (QED) is 0.628. The van der Waals surface area contributed by atoms with Crippen LogP contribution in [0.2, 0.25) is 0 Å². The second-order valence-electron chi connectivity index (χ2n) is 4.06. The first kappa shape index (κ1) is 13.5. The molecule has 0 aromatic rings. The van der Waals surface area contributed by atoms with Gasteiger partial charge < -0.3 is 15.6 Å². The van der Waals surface area contributed by atoms with Crippen LogP contribution in [0, 0.1) is 5.92 Å². The fraction of sp³-hybridized carbons (Fsp3) is 0.900. The molecule has 1 heterocycles. The molecular weight excluding hydrogens is 180 g/mol. The molecule has 0 aromatic carbocycles. The normalized spacial score (nSPS) is 24.3. The molecule has 0 aromatic heterocycles. The first-order valence-corrected chi connectivity index (χ1v) is 5.08. The number of rotatable bonds is 2. The van der Waals surface area contributed by atoms with Gasteiger partial charge in [0.25, 0.3) is 0 Å². The summed E-state index contributed by atoms with van der Waals surface area (Å²) in [6.07, 6.45) is 2.72. The second kappa shape index (κ2) is 6.92. The van der Waals surface area contributed by atoms with Crippen LogP contribution in [0.3, 0.4) is 0 Å². The van der Waals surface area contributed by atoms with Crippen LogP contribution >= 0.6 is 0 Å². The van der Waals surface area contributed by atoms with Gasteiger partial charge >= 0.3 is 0 Å². The van der Waals surface area contributed by atoms with Crippen LogP contribution in [0.5, 0.6) is 0 Å². The number of carbonyl (C=O) groups excluding carboxylic acids is 1. The Morgan fingerprint density at radius 1 is 1.57 bits per heavy atom. The summed E-state index contributed by atoms with van der Waals surface area (Å²) in [4.78, 5) is 11.8. The molecule has 0 amide bonds. The van der Waals surface area contributed by atoms with Gasteiger partial charge in [-0.05, 0) is 25.8 Å². The van der Waals surface area contributed by atoms with E-state index in [-0.39, 0.29) is 18.2 Å². The molecule has 2 unspecified atom stereocenters. The summed E-state index contributed by atoms with van der Waals surface area (Å²) in [5.41, 5.74) is 5.25. The van der Waals surface area contributed by atoms with Gasteiger partial charge in [-0.15, -0.1) is 0 Å². The molecule has 1 saturated heterocycles. The lowest BCUT2D eigenvalue weighted by Crippen LogP contribution is -2.27. The third kappa shape index (κ3) is 5.32. The van der Waals surface area contributed by atoms with Gasteiger partial charge in [-0.25, -0.2) is 0 Å². The average molecular weight is 202 g/mol. The Kier molecular flexibility index (Phi) is 6.70. The zero-order valence-corrected chi connectivity index (χ0v) is 9.31. The molecule has 0 saturated carbocycles. The van der Waals surface area contributed by atoms with Crippen LogP contribution in [0.15, 0.2) is 0 Å². The monoisotopic (exact) mass is 202 g/mol. The molecule has 1 aliphatic heterocycles. The summed E-state index contributed by atoms with van der Waals surface area (Å²) >= 11 is 0. The van der Waals surface area contributed by atoms with Crippen LogP contribution in [0.1, 0.15) is 26.7 Å². The van der Waals surface area contributed by atoms with Crippen LogP contribution in [0.4, 0.5) is 0 Å². The van der Waals surface area contributed by atoms with Crippen LogP contribution < -0.4 is 5.73 Å². The fourth-order valence-corrected chi connectivity index (χ4v) is 1.05. The molecule has 84 valence electrons. The lowest BCUT2D eigenvalue weighted by molar-refractivity contribution is -0.109. The van der Waals surface area contributed by atoms with Crippen molar-refractivity contribution >= 4 is 6.29 Å². The molecule has 0 bridgehead atoms. The van der Waals surface area contributed by atoms with Crippen molar-refractivity contribution in [2.45, 2.75) is 39.0 Å². The van der Waals surface area contributed by atoms with E-state index < -0.39 is 0 Å². The lowest BCUT2D eigenvalue weighted by atomic mass is 10.1. The molecule has 14 heavy (non-hydrogen) atoms. The highest BCUT2D eigenvalue weighted by molar-refractivity contribution is 5.57. The molecule has 0 radical (unpaired) electrons. The molecular formula is C10H22N2O2. The lowest BCUT2D eigenvalue weighted by Gasteiger charge is -2.10. The summed E-state index contributed by atoms with van der Waals surface area (Å²) in [7, 11) is 1.94. The van der Waals surface area contributed by atoms with Crippen molar-refractivity contribution in [3.05, 3.63) is 0 Å². The maximum atomic E-state index is 9.82. The van der Waals surface area contributed by atoms with E-state index >= 15 is 0 Å². The van der Waals surface area contributed by atoms with E-state index in [2.05, 4.69) is 0 Å². The highest BCUT2D eigenvalue weighted by Crippen LogP contribution is 2.10. The number of aliphatic hydroxyl groups excluding tert-OH is 1. The topological polar surface area (TPSA) is 66.6 Å². The van der Waals surface area contributed by atoms with E-state index in [1.54, 1.807) is 0 Å². The van der Waals surface area contributed by atoms with Crippen LogP contribution in [-0.4, -0.2) is 42.2 Å². The zero-order chi connectivity index (χ0) is 11.1. The predicted molar refractivity (Wildman–Crippen MR) is 56.7 cm³/mol. The van der Waals surface area contributed by atoms with E-state index in [0.29, 0.717) is 0 Å². The number of aldehydes is 1. The van der Waals surface area contributed by atoms with Gasteiger partial charge in [-0.1, -0.05) is 13.8 Å². The van der Waals surface area contributed by atoms with E-state index in [1.807, 2.05) is 25.8 Å². The summed E-state index contributed by atoms with van der Waals surface area (Å²) < 4.78 is 0. The van der Waals surface area contributed by atoms with Gasteiger partial charge in [0, 0.05) is 6.54 Å². The van der Waals surface area contributed by atoms with E-state index in [4.69, 9.17) is 10.8 Å². The Morgan fingerprint density at radius 2 is 2.14 bits per heavy atom.